The molecule has 3 nitrogen and oxygen atoms in total. The summed E-state index contributed by atoms with van der Waals surface area (Å²) in [5, 5.41) is 4.52. The molecule has 0 radical (unpaired) electrons. The number of nitrogens with zero attached hydrogens (tertiary/aromatic N) is 1. The number of piperidine rings is 1. The van der Waals surface area contributed by atoms with Crippen LogP contribution in [-0.2, 0) is 4.79 Å². The first-order valence-corrected chi connectivity index (χ1v) is 7.10. The summed E-state index contributed by atoms with van der Waals surface area (Å²) in [6.45, 7) is 5.39. The molecule has 1 aliphatic rings. The standard InChI is InChI=1S/C14H17ClN2OS/c1-9-7-10(2)13(12(15)8-9)16-14(19)17-5-3-11(18)4-6-17/h7-8H,3-6H2,1-2H3,(H,16,19). The molecule has 0 aliphatic carbocycles. The van der Waals surface area contributed by atoms with E-state index in [0.717, 1.165) is 16.8 Å². The average Bonchev–Trinajstić information content (AvgIpc) is 2.34. The highest BCUT2D eigenvalue weighted by atomic mass is 35.5. The summed E-state index contributed by atoms with van der Waals surface area (Å²) in [5.74, 6) is 0.309. The number of nitrogens with one attached hydrogen (secondary N) is 1. The monoisotopic (exact) mass is 296 g/mol. The Labute approximate surface area is 123 Å². The maximum Gasteiger partial charge on any atom is 0.173 e. The van der Waals surface area contributed by atoms with E-state index >= 15 is 0 Å². The Kier molecular flexibility index (Phi) is 4.42. The van der Waals surface area contributed by atoms with Crippen LogP contribution >= 0.6 is 23.8 Å². The Balaban J connectivity index is 2.09. The van der Waals surface area contributed by atoms with E-state index in [1.807, 2.05) is 24.8 Å². The average molecular weight is 297 g/mol. The van der Waals surface area contributed by atoms with E-state index in [2.05, 4.69) is 11.4 Å². The predicted molar refractivity (Wildman–Crippen MR) is 83.0 cm³/mol. The van der Waals surface area contributed by atoms with Gasteiger partial charge in [0.05, 0.1) is 10.7 Å². The molecule has 102 valence electrons. The third-order valence-corrected chi connectivity index (χ3v) is 3.93. The Morgan fingerprint density at radius 2 is 1.95 bits per heavy atom. The van der Waals surface area contributed by atoms with Crippen molar-refractivity contribution in [2.75, 3.05) is 18.4 Å². The minimum atomic E-state index is 0.309. The van der Waals surface area contributed by atoms with E-state index in [0.29, 0.717) is 41.8 Å². The van der Waals surface area contributed by atoms with Crippen LogP contribution in [0.5, 0.6) is 0 Å². The second kappa shape index (κ2) is 5.88. The first-order chi connectivity index (χ1) is 8.97. The van der Waals surface area contributed by atoms with Gasteiger partial charge in [-0.3, -0.25) is 4.79 Å². The van der Waals surface area contributed by atoms with Crippen molar-refractivity contribution in [2.45, 2.75) is 26.7 Å². The number of likely N-dealkylation sites (tertiary alicyclic amines) is 1. The summed E-state index contributed by atoms with van der Waals surface area (Å²) >= 11 is 11.6. The van der Waals surface area contributed by atoms with E-state index in [9.17, 15) is 4.79 Å². The number of hydrogen-bond donors (Lipinski definition) is 1. The second-order valence-corrected chi connectivity index (χ2v) is 5.69. The molecule has 0 bridgehead atoms. The molecule has 1 heterocycles. The molecule has 19 heavy (non-hydrogen) atoms. The van der Waals surface area contributed by atoms with Crippen molar-refractivity contribution in [3.8, 4) is 0 Å². The first kappa shape index (κ1) is 14.3. The zero-order chi connectivity index (χ0) is 14.0. The van der Waals surface area contributed by atoms with Gasteiger partial charge in [-0.15, -0.1) is 0 Å². The van der Waals surface area contributed by atoms with Gasteiger partial charge >= 0.3 is 0 Å². The van der Waals surface area contributed by atoms with Crippen LogP contribution in [0.4, 0.5) is 5.69 Å². The number of rotatable bonds is 1. The number of ketones is 1. The number of Topliss-reactive ketones (excluding diaryl/α,β-unsaturated/α-hetero) is 1. The molecule has 1 aromatic rings. The van der Waals surface area contributed by atoms with E-state index in [4.69, 9.17) is 23.8 Å². The van der Waals surface area contributed by atoms with Gasteiger partial charge in [0.15, 0.2) is 5.11 Å². The predicted octanol–water partition coefficient (Wildman–Crippen LogP) is 3.32. The Bertz CT molecular complexity index is 497. The quantitative estimate of drug-likeness (QED) is 0.806. The smallest absolute Gasteiger partial charge is 0.173 e. The number of halogens is 1. The maximum atomic E-state index is 11.2. The fourth-order valence-corrected chi connectivity index (χ4v) is 2.87. The van der Waals surface area contributed by atoms with Crippen LogP contribution in [-0.4, -0.2) is 28.9 Å². The molecule has 0 aromatic heterocycles. The minimum absolute atomic E-state index is 0.309. The van der Waals surface area contributed by atoms with Gasteiger partial charge in [0.1, 0.15) is 5.78 Å². The summed E-state index contributed by atoms with van der Waals surface area (Å²) in [7, 11) is 0. The Hall–Kier alpha value is -1.13. The van der Waals surface area contributed by atoms with Crippen molar-refractivity contribution in [1.29, 1.82) is 0 Å². The van der Waals surface area contributed by atoms with Crippen LogP contribution in [0.3, 0.4) is 0 Å². The molecule has 1 fully saturated rings. The molecule has 0 amide bonds. The molecule has 1 N–H and O–H groups in total. The lowest BCUT2D eigenvalue weighted by atomic mass is 10.1. The van der Waals surface area contributed by atoms with Crippen molar-refractivity contribution in [1.82, 2.24) is 4.90 Å². The van der Waals surface area contributed by atoms with Crippen LogP contribution < -0.4 is 5.32 Å². The normalized spacial score (nSPS) is 15.5. The highest BCUT2D eigenvalue weighted by Crippen LogP contribution is 2.27. The molecule has 0 unspecified atom stereocenters. The van der Waals surface area contributed by atoms with Crippen LogP contribution in [0.2, 0.25) is 5.02 Å². The Morgan fingerprint density at radius 1 is 1.32 bits per heavy atom. The molecule has 1 aliphatic heterocycles. The van der Waals surface area contributed by atoms with Gasteiger partial charge in [-0.25, -0.2) is 0 Å². The summed E-state index contributed by atoms with van der Waals surface area (Å²) in [5.41, 5.74) is 3.05. The second-order valence-electron chi connectivity index (χ2n) is 4.89. The molecule has 5 heteroatoms. The van der Waals surface area contributed by atoms with Gasteiger partial charge in [0.2, 0.25) is 0 Å². The molecule has 0 spiro atoms. The van der Waals surface area contributed by atoms with Gasteiger partial charge < -0.3 is 10.2 Å². The van der Waals surface area contributed by atoms with E-state index in [1.165, 1.54) is 0 Å². The molecular weight excluding hydrogens is 280 g/mol. The minimum Gasteiger partial charge on any atom is -0.348 e. The third-order valence-electron chi connectivity index (χ3n) is 3.27. The van der Waals surface area contributed by atoms with Crippen molar-refractivity contribution in [3.63, 3.8) is 0 Å². The highest BCUT2D eigenvalue weighted by Gasteiger charge is 2.19. The zero-order valence-corrected chi connectivity index (χ0v) is 12.7. The fourth-order valence-electron chi connectivity index (χ4n) is 2.22. The van der Waals surface area contributed by atoms with Crippen LogP contribution in [0.15, 0.2) is 12.1 Å². The van der Waals surface area contributed by atoms with Crippen molar-refractivity contribution < 1.29 is 4.79 Å². The topological polar surface area (TPSA) is 32.3 Å². The van der Waals surface area contributed by atoms with Crippen LogP contribution in [0, 0.1) is 13.8 Å². The van der Waals surface area contributed by atoms with Crippen molar-refractivity contribution in [2.24, 2.45) is 0 Å². The summed E-state index contributed by atoms with van der Waals surface area (Å²) in [4.78, 5) is 13.2. The fraction of sp³-hybridized carbons (Fsp3) is 0.429. The number of carbonyl (C=O) groups is 1. The number of benzene rings is 1. The van der Waals surface area contributed by atoms with Gasteiger partial charge in [-0.2, -0.15) is 0 Å². The van der Waals surface area contributed by atoms with Gasteiger partial charge in [0, 0.05) is 25.9 Å². The molecule has 1 aromatic carbocycles. The summed E-state index contributed by atoms with van der Waals surface area (Å²) in [6, 6.07) is 3.98. The molecular formula is C14H17ClN2OS. The lowest BCUT2D eigenvalue weighted by molar-refractivity contribution is -0.120. The molecule has 0 saturated carbocycles. The summed E-state index contributed by atoms with van der Waals surface area (Å²) < 4.78 is 0. The van der Waals surface area contributed by atoms with E-state index in [1.54, 1.807) is 0 Å². The number of hydrogen-bond acceptors (Lipinski definition) is 2. The molecule has 2 rings (SSSR count). The van der Waals surface area contributed by atoms with Gasteiger partial charge in [0.25, 0.3) is 0 Å². The SMILES string of the molecule is Cc1cc(C)c(NC(=S)N2CCC(=O)CC2)c(Cl)c1. The lowest BCUT2D eigenvalue weighted by Gasteiger charge is -2.29. The lowest BCUT2D eigenvalue weighted by Crippen LogP contribution is -2.41. The number of aryl methyl sites for hydroxylation is 2. The Morgan fingerprint density at radius 3 is 2.53 bits per heavy atom. The highest BCUT2D eigenvalue weighted by molar-refractivity contribution is 7.80. The summed E-state index contributed by atoms with van der Waals surface area (Å²) in [6.07, 6.45) is 1.14. The zero-order valence-electron chi connectivity index (χ0n) is 11.1. The largest absolute Gasteiger partial charge is 0.348 e. The van der Waals surface area contributed by atoms with Gasteiger partial charge in [-0.1, -0.05) is 17.7 Å². The van der Waals surface area contributed by atoms with Crippen molar-refractivity contribution >= 4 is 40.4 Å². The first-order valence-electron chi connectivity index (χ1n) is 6.32. The number of thiocarbonyl (C=S) groups is 1. The third kappa shape index (κ3) is 3.45. The molecule has 1 saturated heterocycles. The van der Waals surface area contributed by atoms with Crippen molar-refractivity contribution in [3.05, 3.63) is 28.3 Å². The number of carbonyl (C=O) groups excluding carboxylic acids is 1. The van der Waals surface area contributed by atoms with E-state index < -0.39 is 0 Å². The van der Waals surface area contributed by atoms with Crippen LogP contribution in [0.1, 0.15) is 24.0 Å². The van der Waals surface area contributed by atoms with Crippen LogP contribution in [0.25, 0.3) is 0 Å². The molecule has 0 atom stereocenters. The van der Waals surface area contributed by atoms with E-state index in [-0.39, 0.29) is 0 Å². The van der Waals surface area contributed by atoms with Gasteiger partial charge in [-0.05, 0) is 43.3 Å². The maximum absolute atomic E-state index is 11.2. The number of anilines is 1.